The van der Waals surface area contributed by atoms with Crippen LogP contribution >= 0.6 is 0 Å². The topological polar surface area (TPSA) is 104 Å². The maximum atomic E-state index is 12.6. The zero-order chi connectivity index (χ0) is 25.5. The molecule has 7 heteroatoms. The van der Waals surface area contributed by atoms with Crippen LogP contribution in [0.2, 0.25) is 0 Å². The molecule has 196 valence electrons. The Hall–Kier alpha value is -2.12. The third kappa shape index (κ3) is 10.2. The van der Waals surface area contributed by atoms with Crippen LogP contribution in [0.1, 0.15) is 114 Å². The molecule has 2 aromatic carbocycles. The number of hydrogen-bond donors (Lipinski definition) is 3. The minimum atomic E-state index is -4.55. The molecule has 0 aliphatic rings. The van der Waals surface area contributed by atoms with Gasteiger partial charge < -0.3 is 10.4 Å². The standard InChI is InChI=1S/C28H43NO5S/c1-2-3-4-5-6-7-8-9-10-11-12-13-14-15-18-21-29-28(31)25-22-26(35(32,33)34)23-19-16-17-20-24(23)27(25)30/h16-17,19-20,22,30H,2-15,18,21H2,1H3,(H,29,31)(H,32,33,34). The van der Waals surface area contributed by atoms with E-state index in [-0.39, 0.29) is 27.0 Å². The number of phenolic OH excluding ortho intramolecular Hbond substituents is 1. The van der Waals surface area contributed by atoms with Crippen LogP contribution in [0, 0.1) is 0 Å². The SMILES string of the molecule is CCCCCCCCCCCCCCCCCNC(=O)c1cc(S(=O)(=O)O)c2ccccc2c1O. The van der Waals surface area contributed by atoms with Crippen molar-refractivity contribution in [2.45, 2.75) is 108 Å². The maximum Gasteiger partial charge on any atom is 0.295 e. The fraction of sp³-hybridized carbons (Fsp3) is 0.607. The lowest BCUT2D eigenvalue weighted by molar-refractivity contribution is 0.0950. The number of aromatic hydroxyl groups is 1. The maximum absolute atomic E-state index is 12.6. The van der Waals surface area contributed by atoms with E-state index < -0.39 is 16.0 Å². The zero-order valence-electron chi connectivity index (χ0n) is 21.2. The van der Waals surface area contributed by atoms with Gasteiger partial charge in [0.05, 0.1) is 5.56 Å². The van der Waals surface area contributed by atoms with Crippen molar-refractivity contribution < 1.29 is 22.9 Å². The van der Waals surface area contributed by atoms with Gasteiger partial charge in [-0.05, 0) is 12.5 Å². The fourth-order valence-corrected chi connectivity index (χ4v) is 5.23. The summed E-state index contributed by atoms with van der Waals surface area (Å²) in [4.78, 5) is 12.2. The summed E-state index contributed by atoms with van der Waals surface area (Å²) in [6.07, 6.45) is 19.0. The molecule has 0 atom stereocenters. The zero-order valence-corrected chi connectivity index (χ0v) is 22.0. The van der Waals surface area contributed by atoms with Crippen LogP contribution < -0.4 is 5.32 Å². The van der Waals surface area contributed by atoms with E-state index >= 15 is 0 Å². The molecule has 0 fully saturated rings. The van der Waals surface area contributed by atoms with Crippen molar-refractivity contribution in [3.63, 3.8) is 0 Å². The molecule has 0 bridgehead atoms. The molecule has 35 heavy (non-hydrogen) atoms. The second-order valence-corrected chi connectivity index (χ2v) is 10.9. The summed E-state index contributed by atoms with van der Waals surface area (Å²) in [5, 5.41) is 13.6. The van der Waals surface area contributed by atoms with Crippen LogP contribution in [0.5, 0.6) is 5.75 Å². The molecular weight excluding hydrogens is 462 g/mol. The highest BCUT2D eigenvalue weighted by Crippen LogP contribution is 2.33. The summed E-state index contributed by atoms with van der Waals surface area (Å²) in [6, 6.07) is 7.27. The Bertz CT molecular complexity index is 1020. The average molecular weight is 506 g/mol. The number of carbonyl (C=O) groups is 1. The van der Waals surface area contributed by atoms with Gasteiger partial charge in [-0.25, -0.2) is 0 Å². The number of phenols is 1. The molecule has 0 aliphatic heterocycles. The summed E-state index contributed by atoms with van der Waals surface area (Å²) >= 11 is 0. The van der Waals surface area contributed by atoms with E-state index in [1.165, 1.54) is 89.2 Å². The highest BCUT2D eigenvalue weighted by Gasteiger charge is 2.22. The molecule has 0 saturated heterocycles. The Morgan fingerprint density at radius 2 is 1.23 bits per heavy atom. The summed E-state index contributed by atoms with van der Waals surface area (Å²) < 4.78 is 33.2. The van der Waals surface area contributed by atoms with Gasteiger partial charge >= 0.3 is 0 Å². The quantitative estimate of drug-likeness (QED) is 0.145. The minimum absolute atomic E-state index is 0.155. The van der Waals surface area contributed by atoms with Gasteiger partial charge in [-0.1, -0.05) is 121 Å². The third-order valence-electron chi connectivity index (χ3n) is 6.57. The van der Waals surface area contributed by atoms with E-state index in [1.807, 2.05) is 0 Å². The van der Waals surface area contributed by atoms with Crippen LogP contribution in [-0.4, -0.2) is 30.5 Å². The Labute approximate surface area is 211 Å². The number of unbranched alkanes of at least 4 members (excludes halogenated alkanes) is 14. The fourth-order valence-electron chi connectivity index (χ4n) is 4.51. The largest absolute Gasteiger partial charge is 0.506 e. The second-order valence-electron chi connectivity index (χ2n) is 9.50. The number of amides is 1. The summed E-state index contributed by atoms with van der Waals surface area (Å²) in [6.45, 7) is 2.70. The smallest absolute Gasteiger partial charge is 0.295 e. The Morgan fingerprint density at radius 3 is 1.71 bits per heavy atom. The van der Waals surface area contributed by atoms with Gasteiger partial charge in [0.15, 0.2) is 0 Å². The van der Waals surface area contributed by atoms with E-state index in [4.69, 9.17) is 0 Å². The summed E-state index contributed by atoms with van der Waals surface area (Å²) in [7, 11) is -4.55. The lowest BCUT2D eigenvalue weighted by Crippen LogP contribution is -2.25. The molecule has 0 aromatic heterocycles. The number of rotatable bonds is 18. The molecule has 2 aromatic rings. The summed E-state index contributed by atoms with van der Waals surface area (Å²) in [5.74, 6) is -0.842. The Kier molecular flexibility index (Phi) is 13.1. The van der Waals surface area contributed by atoms with Gasteiger partial charge in [0.25, 0.3) is 16.0 Å². The molecule has 0 heterocycles. The molecule has 0 unspecified atom stereocenters. The first-order chi connectivity index (χ1) is 16.9. The van der Waals surface area contributed by atoms with Crippen molar-refractivity contribution in [3.8, 4) is 5.75 Å². The lowest BCUT2D eigenvalue weighted by Gasteiger charge is -2.12. The highest BCUT2D eigenvalue weighted by atomic mass is 32.2. The Balaban J connectivity index is 1.62. The third-order valence-corrected chi connectivity index (χ3v) is 7.46. The van der Waals surface area contributed by atoms with Crippen LogP contribution in [0.15, 0.2) is 35.2 Å². The first-order valence-corrected chi connectivity index (χ1v) is 14.8. The minimum Gasteiger partial charge on any atom is -0.506 e. The molecule has 6 nitrogen and oxygen atoms in total. The first-order valence-electron chi connectivity index (χ1n) is 13.4. The summed E-state index contributed by atoms with van der Waals surface area (Å²) in [5.41, 5.74) is -0.155. The van der Waals surface area contributed by atoms with Gasteiger partial charge in [0, 0.05) is 17.3 Å². The van der Waals surface area contributed by atoms with Crippen LogP contribution in [-0.2, 0) is 10.1 Å². The van der Waals surface area contributed by atoms with Crippen LogP contribution in [0.4, 0.5) is 0 Å². The van der Waals surface area contributed by atoms with Gasteiger partial charge in [-0.15, -0.1) is 0 Å². The van der Waals surface area contributed by atoms with E-state index in [0.717, 1.165) is 25.3 Å². The molecule has 0 aliphatic carbocycles. The van der Waals surface area contributed by atoms with Crippen LogP contribution in [0.3, 0.4) is 0 Å². The Morgan fingerprint density at radius 1 is 0.771 bits per heavy atom. The second kappa shape index (κ2) is 15.8. The van der Waals surface area contributed by atoms with Gasteiger partial charge in [-0.3, -0.25) is 9.35 Å². The van der Waals surface area contributed by atoms with Gasteiger partial charge in [0.2, 0.25) is 0 Å². The number of carbonyl (C=O) groups excluding carboxylic acids is 1. The lowest BCUT2D eigenvalue weighted by atomic mass is 10.0. The average Bonchev–Trinajstić information content (AvgIpc) is 2.83. The van der Waals surface area contributed by atoms with E-state index in [0.29, 0.717) is 6.54 Å². The predicted octanol–water partition coefficient (Wildman–Crippen LogP) is 7.39. The molecule has 0 saturated carbocycles. The van der Waals surface area contributed by atoms with E-state index in [1.54, 1.807) is 12.1 Å². The normalized spacial score (nSPS) is 11.7. The van der Waals surface area contributed by atoms with Crippen molar-refractivity contribution >= 4 is 26.8 Å². The number of benzene rings is 2. The molecule has 3 N–H and O–H groups in total. The number of fused-ring (bicyclic) bond motifs is 1. The van der Waals surface area contributed by atoms with Crippen molar-refractivity contribution in [1.82, 2.24) is 5.32 Å². The molecule has 0 radical (unpaired) electrons. The van der Waals surface area contributed by atoms with E-state index in [2.05, 4.69) is 12.2 Å². The van der Waals surface area contributed by atoms with Crippen molar-refractivity contribution in [2.75, 3.05) is 6.54 Å². The molecule has 0 spiro atoms. The van der Waals surface area contributed by atoms with Crippen molar-refractivity contribution in [1.29, 1.82) is 0 Å². The van der Waals surface area contributed by atoms with E-state index in [9.17, 15) is 22.9 Å². The number of hydrogen-bond acceptors (Lipinski definition) is 4. The predicted molar refractivity (Wildman–Crippen MR) is 143 cm³/mol. The van der Waals surface area contributed by atoms with Crippen molar-refractivity contribution in [2.24, 2.45) is 0 Å². The van der Waals surface area contributed by atoms with Crippen LogP contribution in [0.25, 0.3) is 10.8 Å². The molecule has 1 amide bonds. The van der Waals surface area contributed by atoms with Gasteiger partial charge in [-0.2, -0.15) is 8.42 Å². The first kappa shape index (κ1) is 29.1. The highest BCUT2D eigenvalue weighted by molar-refractivity contribution is 7.86. The molecular formula is C28H43NO5S. The van der Waals surface area contributed by atoms with Gasteiger partial charge in [0.1, 0.15) is 10.6 Å². The number of nitrogens with one attached hydrogen (secondary N) is 1. The van der Waals surface area contributed by atoms with Crippen molar-refractivity contribution in [3.05, 3.63) is 35.9 Å². The monoisotopic (exact) mass is 505 g/mol. The molecule has 2 rings (SSSR count).